The zero-order valence-electron chi connectivity index (χ0n) is 14.6. The fourth-order valence-corrected chi connectivity index (χ4v) is 4.35. The number of amides is 1. The number of aryl methyl sites for hydroxylation is 1. The summed E-state index contributed by atoms with van der Waals surface area (Å²) in [6, 6.07) is 16.1. The second-order valence-electron chi connectivity index (χ2n) is 5.74. The quantitative estimate of drug-likeness (QED) is 0.446. The molecule has 0 heterocycles. The van der Waals surface area contributed by atoms with Crippen molar-refractivity contribution in [1.29, 1.82) is 0 Å². The third-order valence-electron chi connectivity index (χ3n) is 3.82. The summed E-state index contributed by atoms with van der Waals surface area (Å²) in [5, 5.41) is 3.71. The number of benzene rings is 2. The van der Waals surface area contributed by atoms with Crippen LogP contribution in [0.5, 0.6) is 0 Å². The van der Waals surface area contributed by atoms with Crippen molar-refractivity contribution in [2.24, 2.45) is 0 Å². The summed E-state index contributed by atoms with van der Waals surface area (Å²) in [4.78, 5) is 13.4. The van der Waals surface area contributed by atoms with Crippen molar-refractivity contribution < 1.29 is 4.79 Å². The molecule has 2 aromatic carbocycles. The summed E-state index contributed by atoms with van der Waals surface area (Å²) < 4.78 is 0. The van der Waals surface area contributed by atoms with Crippen molar-refractivity contribution in [3.8, 4) is 0 Å². The summed E-state index contributed by atoms with van der Waals surface area (Å²) in [6.07, 6.45) is 0.801. The molecule has 0 fully saturated rings. The molecule has 134 valence electrons. The van der Waals surface area contributed by atoms with Gasteiger partial charge in [0, 0.05) is 28.0 Å². The first-order chi connectivity index (χ1) is 12.1. The van der Waals surface area contributed by atoms with E-state index in [0.29, 0.717) is 11.6 Å². The maximum Gasteiger partial charge on any atom is 0.233 e. The lowest BCUT2D eigenvalue weighted by Crippen LogP contribution is -2.33. The Morgan fingerprint density at radius 3 is 2.56 bits per heavy atom. The normalized spacial score (nSPS) is 12.0. The average Bonchev–Trinajstić information content (AvgIpc) is 2.62. The van der Waals surface area contributed by atoms with Crippen LogP contribution in [0.1, 0.15) is 24.5 Å². The fraction of sp³-hybridized carbons (Fsp3) is 0.350. The zero-order valence-corrected chi connectivity index (χ0v) is 17.0. The van der Waals surface area contributed by atoms with Gasteiger partial charge >= 0.3 is 0 Å². The molecule has 1 amide bonds. The van der Waals surface area contributed by atoms with Crippen LogP contribution in [0.15, 0.2) is 53.4 Å². The summed E-state index contributed by atoms with van der Waals surface area (Å²) in [6.45, 7) is 4.88. The predicted octanol–water partition coefficient (Wildman–Crippen LogP) is 5.57. The van der Waals surface area contributed by atoms with Gasteiger partial charge in [0.25, 0.3) is 0 Å². The highest BCUT2D eigenvalue weighted by Gasteiger charge is 2.17. The van der Waals surface area contributed by atoms with Crippen LogP contribution in [0.25, 0.3) is 0 Å². The Morgan fingerprint density at radius 2 is 1.88 bits per heavy atom. The first-order valence-electron chi connectivity index (χ1n) is 8.42. The van der Waals surface area contributed by atoms with E-state index in [9.17, 15) is 4.79 Å². The van der Waals surface area contributed by atoms with Crippen LogP contribution in [-0.4, -0.2) is 23.5 Å². The summed E-state index contributed by atoms with van der Waals surface area (Å²) in [7, 11) is 0. The van der Waals surface area contributed by atoms with Gasteiger partial charge in [0.1, 0.15) is 0 Å². The SMILES string of the molecule is CC[C@H](Sc1ccc(Cl)cc1)C(=O)NCCSCc1ccccc1C. The summed E-state index contributed by atoms with van der Waals surface area (Å²) >= 11 is 9.35. The number of carbonyl (C=O) groups excluding carboxylic acids is 1. The van der Waals surface area contributed by atoms with E-state index in [1.165, 1.54) is 11.1 Å². The molecule has 0 saturated heterocycles. The summed E-state index contributed by atoms with van der Waals surface area (Å²) in [5.74, 6) is 2.01. The molecule has 0 bridgehead atoms. The molecule has 5 heteroatoms. The van der Waals surface area contributed by atoms with E-state index < -0.39 is 0 Å². The van der Waals surface area contributed by atoms with Gasteiger partial charge in [-0.2, -0.15) is 11.8 Å². The number of halogens is 1. The zero-order chi connectivity index (χ0) is 18.1. The van der Waals surface area contributed by atoms with Crippen molar-refractivity contribution in [3.05, 3.63) is 64.7 Å². The molecule has 0 unspecified atom stereocenters. The minimum absolute atomic E-state index is 0.0671. The molecular formula is C20H24ClNOS2. The van der Waals surface area contributed by atoms with Crippen molar-refractivity contribution in [1.82, 2.24) is 5.32 Å². The van der Waals surface area contributed by atoms with Gasteiger partial charge in [0.2, 0.25) is 5.91 Å². The van der Waals surface area contributed by atoms with Crippen LogP contribution in [-0.2, 0) is 10.5 Å². The molecule has 0 aliphatic heterocycles. The van der Waals surface area contributed by atoms with Crippen LogP contribution in [0.3, 0.4) is 0 Å². The van der Waals surface area contributed by atoms with E-state index in [0.717, 1.165) is 22.8 Å². The van der Waals surface area contributed by atoms with Crippen molar-refractivity contribution in [2.75, 3.05) is 12.3 Å². The number of hydrogen-bond acceptors (Lipinski definition) is 3. The second-order valence-corrected chi connectivity index (χ2v) is 8.56. The number of thioether (sulfide) groups is 2. The van der Waals surface area contributed by atoms with E-state index in [1.54, 1.807) is 11.8 Å². The third-order valence-corrected chi connectivity index (χ3v) is 6.46. The monoisotopic (exact) mass is 393 g/mol. The lowest BCUT2D eigenvalue weighted by atomic mass is 10.1. The Hall–Kier alpha value is -1.10. The Morgan fingerprint density at radius 1 is 1.16 bits per heavy atom. The van der Waals surface area contributed by atoms with E-state index in [1.807, 2.05) is 43.0 Å². The molecule has 0 radical (unpaired) electrons. The Kier molecular flexibility index (Phi) is 8.73. The predicted molar refractivity (Wildman–Crippen MR) is 112 cm³/mol. The van der Waals surface area contributed by atoms with Gasteiger partial charge in [-0.15, -0.1) is 11.8 Å². The number of carbonyl (C=O) groups is 1. The van der Waals surface area contributed by atoms with Gasteiger partial charge < -0.3 is 5.32 Å². The molecule has 2 aromatic rings. The molecule has 0 spiro atoms. The molecule has 2 rings (SSSR count). The van der Waals surface area contributed by atoms with Gasteiger partial charge in [0.05, 0.1) is 5.25 Å². The van der Waals surface area contributed by atoms with Crippen molar-refractivity contribution in [2.45, 2.75) is 36.2 Å². The standard InChI is InChI=1S/C20H24ClNOS2/c1-3-19(25-18-10-8-17(21)9-11-18)20(23)22-12-13-24-14-16-7-5-4-6-15(16)2/h4-11,19H,3,12-14H2,1-2H3,(H,22,23)/t19-/m0/s1. The molecule has 1 atom stereocenters. The fourth-order valence-electron chi connectivity index (χ4n) is 2.31. The Bertz CT molecular complexity index is 676. The second kappa shape index (κ2) is 10.8. The van der Waals surface area contributed by atoms with Gasteiger partial charge in [-0.25, -0.2) is 0 Å². The van der Waals surface area contributed by atoms with E-state index in [4.69, 9.17) is 11.6 Å². The smallest absolute Gasteiger partial charge is 0.233 e. The molecule has 25 heavy (non-hydrogen) atoms. The minimum atomic E-state index is -0.0671. The Labute approximate surface area is 164 Å². The lowest BCUT2D eigenvalue weighted by Gasteiger charge is -2.15. The molecular weight excluding hydrogens is 370 g/mol. The van der Waals surface area contributed by atoms with E-state index in [2.05, 4.69) is 36.5 Å². The highest BCUT2D eigenvalue weighted by Crippen LogP contribution is 2.26. The molecule has 0 aliphatic rings. The first kappa shape index (κ1) is 20.2. The minimum Gasteiger partial charge on any atom is -0.354 e. The molecule has 0 aliphatic carbocycles. The molecule has 0 saturated carbocycles. The van der Waals surface area contributed by atoms with E-state index in [-0.39, 0.29) is 11.2 Å². The maximum absolute atomic E-state index is 12.4. The molecule has 2 nitrogen and oxygen atoms in total. The summed E-state index contributed by atoms with van der Waals surface area (Å²) in [5.41, 5.74) is 2.69. The van der Waals surface area contributed by atoms with Crippen LogP contribution >= 0.6 is 35.1 Å². The number of nitrogens with one attached hydrogen (secondary N) is 1. The van der Waals surface area contributed by atoms with Crippen LogP contribution in [0.4, 0.5) is 0 Å². The van der Waals surface area contributed by atoms with Crippen LogP contribution < -0.4 is 5.32 Å². The average molecular weight is 394 g/mol. The lowest BCUT2D eigenvalue weighted by molar-refractivity contribution is -0.120. The molecule has 0 aromatic heterocycles. The topological polar surface area (TPSA) is 29.1 Å². The van der Waals surface area contributed by atoms with Crippen LogP contribution in [0.2, 0.25) is 5.02 Å². The largest absolute Gasteiger partial charge is 0.354 e. The third kappa shape index (κ3) is 6.96. The van der Waals surface area contributed by atoms with E-state index >= 15 is 0 Å². The maximum atomic E-state index is 12.4. The molecule has 1 N–H and O–H groups in total. The van der Waals surface area contributed by atoms with Crippen molar-refractivity contribution in [3.63, 3.8) is 0 Å². The van der Waals surface area contributed by atoms with Crippen molar-refractivity contribution >= 4 is 41.0 Å². The van der Waals surface area contributed by atoms with Gasteiger partial charge in [-0.3, -0.25) is 4.79 Å². The van der Waals surface area contributed by atoms with Gasteiger partial charge in [0.15, 0.2) is 0 Å². The first-order valence-corrected chi connectivity index (χ1v) is 10.8. The Balaban J connectivity index is 1.71. The van der Waals surface area contributed by atoms with Gasteiger partial charge in [-0.1, -0.05) is 42.8 Å². The van der Waals surface area contributed by atoms with Crippen LogP contribution in [0, 0.1) is 6.92 Å². The van der Waals surface area contributed by atoms with Gasteiger partial charge in [-0.05, 0) is 48.7 Å². The highest BCUT2D eigenvalue weighted by molar-refractivity contribution is 8.00. The number of hydrogen-bond donors (Lipinski definition) is 1. The highest BCUT2D eigenvalue weighted by atomic mass is 35.5. The number of rotatable bonds is 9.